The molecule has 1 atom stereocenters. The van der Waals surface area contributed by atoms with Crippen molar-refractivity contribution in [3.8, 4) is 22.9 Å². The van der Waals surface area contributed by atoms with Gasteiger partial charge < -0.3 is 9.84 Å². The van der Waals surface area contributed by atoms with Crippen LogP contribution in [0.3, 0.4) is 0 Å². The summed E-state index contributed by atoms with van der Waals surface area (Å²) in [4.78, 5) is 30.9. The molecule has 2 aromatic carbocycles. The lowest BCUT2D eigenvalue weighted by Crippen LogP contribution is -2.59. The van der Waals surface area contributed by atoms with Gasteiger partial charge in [0.05, 0.1) is 22.7 Å². The molecule has 1 aliphatic heterocycles. The summed E-state index contributed by atoms with van der Waals surface area (Å²) in [5.41, 5.74) is 2.08. The van der Waals surface area contributed by atoms with Gasteiger partial charge >= 0.3 is 5.97 Å². The fraction of sp³-hybridized carbons (Fsp3) is 0.261. The van der Waals surface area contributed by atoms with Crippen LogP contribution in [-0.2, 0) is 9.59 Å². The number of nitrogens with zero attached hydrogens (tertiary/aromatic N) is 4. The predicted octanol–water partition coefficient (Wildman–Crippen LogP) is 3.61. The summed E-state index contributed by atoms with van der Waals surface area (Å²) in [6, 6.07) is 12.3. The van der Waals surface area contributed by atoms with E-state index in [1.807, 2.05) is 6.07 Å². The Hall–Kier alpha value is -2.98. The van der Waals surface area contributed by atoms with Crippen molar-refractivity contribution in [2.24, 2.45) is 0 Å². The fourth-order valence-electron chi connectivity index (χ4n) is 3.73. The number of halogens is 1. The predicted molar refractivity (Wildman–Crippen MR) is 125 cm³/mol. The molecule has 1 aliphatic rings. The highest BCUT2D eigenvalue weighted by Gasteiger charge is 2.45. The van der Waals surface area contributed by atoms with Gasteiger partial charge in [0.2, 0.25) is 5.91 Å². The van der Waals surface area contributed by atoms with E-state index in [1.165, 1.54) is 11.8 Å². The highest BCUT2D eigenvalue weighted by Crippen LogP contribution is 2.42. The van der Waals surface area contributed by atoms with Gasteiger partial charge in [0.1, 0.15) is 5.75 Å². The first-order valence-corrected chi connectivity index (χ1v) is 12.4. The fourth-order valence-corrected chi connectivity index (χ4v) is 4.52. The minimum atomic E-state index is -0.793. The number of ether oxygens (including phenoxy) is 1. The molecule has 0 spiro atoms. The van der Waals surface area contributed by atoms with Crippen molar-refractivity contribution in [1.82, 2.24) is 10.1 Å². The van der Waals surface area contributed by atoms with Crippen molar-refractivity contribution in [1.29, 1.82) is 0 Å². The summed E-state index contributed by atoms with van der Waals surface area (Å²) in [6.07, 6.45) is 1.46. The molecule has 1 unspecified atom stereocenters. The first kappa shape index (κ1) is 23.2. The van der Waals surface area contributed by atoms with E-state index in [0.717, 1.165) is 0 Å². The summed E-state index contributed by atoms with van der Waals surface area (Å²) >= 11 is 4.82. The second kappa shape index (κ2) is 9.48. The van der Waals surface area contributed by atoms with Gasteiger partial charge in [-0.3, -0.25) is 9.59 Å². The highest BCUT2D eigenvalue weighted by atomic mass is 79.9. The van der Waals surface area contributed by atoms with Crippen molar-refractivity contribution in [2.75, 3.05) is 11.2 Å². The zero-order valence-corrected chi connectivity index (χ0v) is 20.6. The second-order valence-corrected chi connectivity index (χ2v) is 8.84. The number of carbonyl (C=O) groups excluding carboxylic acids is 2. The van der Waals surface area contributed by atoms with Gasteiger partial charge in [0.15, 0.2) is 0 Å². The zero-order valence-electron chi connectivity index (χ0n) is 18.2. The average Bonchev–Trinajstić information content (AvgIpc) is 2.83. The molecule has 33 heavy (non-hydrogen) atoms. The van der Waals surface area contributed by atoms with Gasteiger partial charge in [-0.25, -0.2) is 9.88 Å². The van der Waals surface area contributed by atoms with Gasteiger partial charge in [-0.1, -0.05) is 58.4 Å². The molecule has 0 fully saturated rings. The number of fused-ring (bicyclic) bond motifs is 3. The van der Waals surface area contributed by atoms with Crippen LogP contribution in [0, 0.1) is 0 Å². The summed E-state index contributed by atoms with van der Waals surface area (Å²) in [5, 5.41) is 18.0. The van der Waals surface area contributed by atoms with Crippen LogP contribution in [0.25, 0.3) is 11.3 Å². The first-order valence-electron chi connectivity index (χ1n) is 10.4. The molecule has 4 rings (SSSR count). The molecular formula is C23H21BrN4O4S. The molecule has 0 radical (unpaired) electrons. The molecule has 1 aromatic heterocycles. The Labute approximate surface area is 203 Å². The number of benzene rings is 2. The van der Waals surface area contributed by atoms with E-state index in [9.17, 15) is 14.7 Å². The molecule has 1 amide bonds. The lowest BCUT2D eigenvalue weighted by Gasteiger charge is -2.33. The molecule has 3 aromatic rings. The molecule has 0 N–H and O–H groups in total. The first-order chi connectivity index (χ1) is 15.9. The average molecular weight is 529 g/mol. The SMILES string of the molecule is CCC(=O)Oc1ccc(Br)c(C2N(C(=O)CC)c3ccccc3-c3c([O-])nc(SC)n[n+]32)c1. The summed E-state index contributed by atoms with van der Waals surface area (Å²) in [6.45, 7) is 3.49. The van der Waals surface area contributed by atoms with Crippen LogP contribution in [0.1, 0.15) is 38.4 Å². The minimum Gasteiger partial charge on any atom is -0.854 e. The lowest BCUT2D eigenvalue weighted by molar-refractivity contribution is -0.764. The maximum Gasteiger partial charge on any atom is 0.310 e. The Balaban J connectivity index is 2.03. The standard InChI is InChI=1S/C23H21BrN4O4S/c1-4-18(29)27-17-9-7-6-8-14(17)20-21(31)25-23(33-3)26-28(20)22(27)15-12-13(10-11-16(15)24)32-19(30)5-2/h6-12,22H,4-5H2,1-3H3. The molecule has 0 bridgehead atoms. The molecule has 0 saturated heterocycles. The number of hydrogen-bond donors (Lipinski definition) is 0. The normalized spacial score (nSPS) is 14.4. The Morgan fingerprint density at radius 3 is 2.67 bits per heavy atom. The van der Waals surface area contributed by atoms with E-state index < -0.39 is 12.0 Å². The third kappa shape index (κ3) is 4.20. The van der Waals surface area contributed by atoms with Crippen molar-refractivity contribution >= 4 is 45.3 Å². The van der Waals surface area contributed by atoms with E-state index >= 15 is 0 Å². The van der Waals surface area contributed by atoms with E-state index in [0.29, 0.717) is 32.2 Å². The Morgan fingerprint density at radius 2 is 1.97 bits per heavy atom. The summed E-state index contributed by atoms with van der Waals surface area (Å²) in [5.74, 6) is -0.614. The monoisotopic (exact) mass is 528 g/mol. The van der Waals surface area contributed by atoms with Gasteiger partial charge in [-0.05, 0) is 36.6 Å². The third-order valence-corrected chi connectivity index (χ3v) is 6.50. The topological polar surface area (TPSA) is 99.3 Å². The third-order valence-electron chi connectivity index (χ3n) is 5.24. The van der Waals surface area contributed by atoms with Crippen LogP contribution < -0.4 is 19.4 Å². The van der Waals surface area contributed by atoms with E-state index in [-0.39, 0.29) is 30.4 Å². The number of aromatic nitrogens is 3. The van der Waals surface area contributed by atoms with Crippen LogP contribution in [-0.4, -0.2) is 28.2 Å². The van der Waals surface area contributed by atoms with E-state index in [2.05, 4.69) is 26.0 Å². The number of anilines is 1. The minimum absolute atomic E-state index is 0.148. The van der Waals surface area contributed by atoms with Crippen LogP contribution in [0.5, 0.6) is 11.6 Å². The van der Waals surface area contributed by atoms with Gasteiger partial charge in [0.25, 0.3) is 17.0 Å². The summed E-state index contributed by atoms with van der Waals surface area (Å²) < 4.78 is 7.64. The number of carbonyl (C=O) groups is 2. The molecule has 2 heterocycles. The Bertz CT molecular complexity index is 1250. The van der Waals surface area contributed by atoms with Gasteiger partial charge in [-0.15, -0.1) is 0 Å². The molecular weight excluding hydrogens is 508 g/mol. The summed E-state index contributed by atoms with van der Waals surface area (Å²) in [7, 11) is 0. The second-order valence-electron chi connectivity index (χ2n) is 7.22. The maximum atomic E-state index is 13.3. The number of rotatable bonds is 5. The van der Waals surface area contributed by atoms with Crippen molar-refractivity contribution < 1.29 is 24.1 Å². The van der Waals surface area contributed by atoms with Gasteiger partial charge in [-0.2, -0.15) is 0 Å². The number of esters is 1. The lowest BCUT2D eigenvalue weighted by atomic mass is 10.0. The molecule has 8 nitrogen and oxygen atoms in total. The number of amides is 1. The number of thioether (sulfide) groups is 1. The van der Waals surface area contributed by atoms with Crippen LogP contribution in [0.2, 0.25) is 0 Å². The van der Waals surface area contributed by atoms with Crippen LogP contribution >= 0.6 is 27.7 Å². The molecule has 0 saturated carbocycles. The smallest absolute Gasteiger partial charge is 0.310 e. The Morgan fingerprint density at radius 1 is 1.21 bits per heavy atom. The van der Waals surface area contributed by atoms with Crippen molar-refractivity contribution in [3.05, 3.63) is 52.5 Å². The quantitative estimate of drug-likeness (QED) is 0.216. The number of para-hydroxylation sites is 1. The molecule has 0 aliphatic carbocycles. The van der Waals surface area contributed by atoms with Crippen molar-refractivity contribution in [2.45, 2.75) is 38.0 Å². The van der Waals surface area contributed by atoms with Crippen LogP contribution in [0.4, 0.5) is 5.69 Å². The van der Waals surface area contributed by atoms with Crippen LogP contribution in [0.15, 0.2) is 52.1 Å². The highest BCUT2D eigenvalue weighted by molar-refractivity contribution is 9.10. The molecule has 10 heteroatoms. The molecule has 170 valence electrons. The maximum absolute atomic E-state index is 13.3. The zero-order chi connectivity index (χ0) is 23.7. The largest absolute Gasteiger partial charge is 0.854 e. The number of hydrogen-bond acceptors (Lipinski definition) is 7. The Kier molecular flexibility index (Phi) is 6.66. The van der Waals surface area contributed by atoms with Gasteiger partial charge in [0, 0.05) is 22.4 Å². The van der Waals surface area contributed by atoms with E-state index in [1.54, 1.807) is 66.1 Å². The van der Waals surface area contributed by atoms with Crippen molar-refractivity contribution in [3.63, 3.8) is 0 Å². The van der Waals surface area contributed by atoms with E-state index in [4.69, 9.17) is 4.74 Å².